The number of nitro groups is 2. The zero-order valence-corrected chi connectivity index (χ0v) is 14.4. The van der Waals surface area contributed by atoms with Gasteiger partial charge in [0.2, 0.25) is 0 Å². The van der Waals surface area contributed by atoms with E-state index in [1.54, 1.807) is 0 Å². The first kappa shape index (κ1) is 18.6. The lowest BCUT2D eigenvalue weighted by atomic mass is 10.2. The lowest BCUT2D eigenvalue weighted by Crippen LogP contribution is -2.12. The molecule has 28 heavy (non-hydrogen) atoms. The van der Waals surface area contributed by atoms with Crippen LogP contribution in [0.4, 0.5) is 17.1 Å². The van der Waals surface area contributed by atoms with Crippen LogP contribution in [0.2, 0.25) is 0 Å². The molecule has 0 atom stereocenters. The van der Waals surface area contributed by atoms with Gasteiger partial charge in [0.05, 0.1) is 29.6 Å². The molecule has 0 fully saturated rings. The van der Waals surface area contributed by atoms with Crippen LogP contribution in [0.15, 0.2) is 47.1 Å². The van der Waals surface area contributed by atoms with Gasteiger partial charge >= 0.3 is 5.69 Å². The summed E-state index contributed by atoms with van der Waals surface area (Å²) in [6.07, 6.45) is 2.32. The molecule has 3 aromatic rings. The number of nitrogens with zero attached hydrogens (tertiary/aromatic N) is 4. The summed E-state index contributed by atoms with van der Waals surface area (Å²) in [5.41, 5.74) is -0.517. The predicted molar refractivity (Wildman–Crippen MR) is 94.3 cm³/mol. The van der Waals surface area contributed by atoms with Gasteiger partial charge in [-0.15, -0.1) is 0 Å². The van der Waals surface area contributed by atoms with Crippen molar-refractivity contribution in [1.29, 1.82) is 0 Å². The predicted octanol–water partition coefficient (Wildman–Crippen LogP) is 2.60. The summed E-state index contributed by atoms with van der Waals surface area (Å²) in [5, 5.41) is 28.1. The highest BCUT2D eigenvalue weighted by molar-refractivity contribution is 6.03. The fraction of sp³-hybridized carbons (Fsp3) is 0.125. The van der Waals surface area contributed by atoms with Gasteiger partial charge in [-0.3, -0.25) is 29.7 Å². The van der Waals surface area contributed by atoms with Gasteiger partial charge in [0.1, 0.15) is 29.6 Å². The molecule has 0 unspecified atom stereocenters. The molecular formula is C16H13N5O7. The van der Waals surface area contributed by atoms with Gasteiger partial charge in [0, 0.05) is 0 Å². The van der Waals surface area contributed by atoms with Crippen molar-refractivity contribution in [2.75, 3.05) is 12.4 Å². The fourth-order valence-corrected chi connectivity index (χ4v) is 2.36. The second-order valence-corrected chi connectivity index (χ2v) is 5.51. The Labute approximate surface area is 156 Å². The van der Waals surface area contributed by atoms with Gasteiger partial charge in [0.25, 0.3) is 11.6 Å². The van der Waals surface area contributed by atoms with Crippen molar-refractivity contribution < 1.29 is 23.8 Å². The maximum absolute atomic E-state index is 12.3. The van der Waals surface area contributed by atoms with Crippen LogP contribution in [-0.2, 0) is 6.54 Å². The highest BCUT2D eigenvalue weighted by Crippen LogP contribution is 2.29. The maximum Gasteiger partial charge on any atom is 0.307 e. The van der Waals surface area contributed by atoms with E-state index in [-0.39, 0.29) is 35.1 Å². The van der Waals surface area contributed by atoms with Gasteiger partial charge in [-0.05, 0) is 24.3 Å². The summed E-state index contributed by atoms with van der Waals surface area (Å²) < 4.78 is 11.6. The molecule has 0 saturated carbocycles. The smallest absolute Gasteiger partial charge is 0.307 e. The first-order chi connectivity index (χ1) is 13.4. The van der Waals surface area contributed by atoms with E-state index in [1.165, 1.54) is 48.3 Å². The lowest BCUT2D eigenvalue weighted by molar-refractivity contribution is -0.385. The molecule has 12 heteroatoms. The number of nitro benzene ring substituents is 1. The molecular weight excluding hydrogens is 374 g/mol. The summed E-state index contributed by atoms with van der Waals surface area (Å²) in [5.74, 6) is -0.168. The normalized spacial score (nSPS) is 10.5. The number of carbonyl (C=O) groups excluding carboxylic acids is 1. The number of carbonyl (C=O) groups is 1. The number of rotatable bonds is 7. The summed E-state index contributed by atoms with van der Waals surface area (Å²) in [6.45, 7) is 0.0732. The fourth-order valence-electron chi connectivity index (χ4n) is 2.36. The van der Waals surface area contributed by atoms with Gasteiger partial charge < -0.3 is 14.5 Å². The van der Waals surface area contributed by atoms with Crippen LogP contribution in [0.1, 0.15) is 16.3 Å². The van der Waals surface area contributed by atoms with E-state index in [4.69, 9.17) is 9.15 Å². The van der Waals surface area contributed by atoms with Crippen molar-refractivity contribution in [3.05, 3.63) is 74.5 Å². The molecule has 3 rings (SSSR count). The molecule has 0 aliphatic heterocycles. The van der Waals surface area contributed by atoms with Gasteiger partial charge in [-0.25, -0.2) is 0 Å². The number of anilines is 1. The van der Waals surface area contributed by atoms with Gasteiger partial charge in [-0.2, -0.15) is 5.10 Å². The van der Waals surface area contributed by atoms with Crippen LogP contribution in [-0.4, -0.2) is 32.6 Å². The zero-order valence-electron chi connectivity index (χ0n) is 14.4. The van der Waals surface area contributed by atoms with E-state index in [2.05, 4.69) is 10.4 Å². The standard InChI is InChI=1S/C16H13N5O7/c1-27-11-2-4-13(14(6-11)21(25)26)18-16(22)15-5-3-12(28-15)9-19-8-10(7-17-19)20(23)24/h2-8H,9H2,1H3,(H,18,22). The Morgan fingerprint density at radius 2 is 2.04 bits per heavy atom. The van der Waals surface area contributed by atoms with Crippen molar-refractivity contribution in [2.24, 2.45) is 0 Å². The lowest BCUT2D eigenvalue weighted by Gasteiger charge is -2.06. The first-order valence-corrected chi connectivity index (χ1v) is 7.76. The Morgan fingerprint density at radius 3 is 2.68 bits per heavy atom. The van der Waals surface area contributed by atoms with Crippen LogP contribution in [0, 0.1) is 20.2 Å². The quantitative estimate of drug-likeness (QED) is 0.479. The number of nitrogens with one attached hydrogen (secondary N) is 1. The van der Waals surface area contributed by atoms with Crippen LogP contribution >= 0.6 is 0 Å². The molecule has 2 aromatic heterocycles. The molecule has 1 amide bonds. The van der Waals surface area contributed by atoms with Crippen LogP contribution in [0.25, 0.3) is 0 Å². The number of hydrogen-bond acceptors (Lipinski definition) is 8. The monoisotopic (exact) mass is 387 g/mol. The van der Waals surface area contributed by atoms with Gasteiger partial charge in [-0.1, -0.05) is 0 Å². The Kier molecular flexibility index (Phi) is 5.02. The average Bonchev–Trinajstić information content (AvgIpc) is 3.32. The minimum atomic E-state index is -0.689. The molecule has 0 radical (unpaired) electrons. The van der Waals surface area contributed by atoms with Crippen molar-refractivity contribution in [1.82, 2.24) is 9.78 Å². The third kappa shape index (κ3) is 3.95. The number of hydrogen-bond donors (Lipinski definition) is 1. The summed E-state index contributed by atoms with van der Waals surface area (Å²) in [7, 11) is 1.37. The van der Waals surface area contributed by atoms with E-state index in [0.717, 1.165) is 6.20 Å². The van der Waals surface area contributed by atoms with Crippen molar-refractivity contribution in [3.63, 3.8) is 0 Å². The molecule has 0 aliphatic carbocycles. The van der Waals surface area contributed by atoms with Crippen LogP contribution < -0.4 is 10.1 Å². The third-order valence-electron chi connectivity index (χ3n) is 3.68. The minimum Gasteiger partial charge on any atom is -0.496 e. The Hall–Kier alpha value is -4.22. The SMILES string of the molecule is COc1ccc(NC(=O)c2ccc(Cn3cc([N+](=O)[O-])cn3)o2)c([N+](=O)[O-])c1. The van der Waals surface area contributed by atoms with E-state index in [9.17, 15) is 25.0 Å². The molecule has 1 aromatic carbocycles. The van der Waals surface area contributed by atoms with E-state index >= 15 is 0 Å². The topological polar surface area (TPSA) is 156 Å². The highest BCUT2D eigenvalue weighted by atomic mass is 16.6. The molecule has 12 nitrogen and oxygen atoms in total. The molecule has 0 bridgehead atoms. The third-order valence-corrected chi connectivity index (χ3v) is 3.68. The number of benzene rings is 1. The highest BCUT2D eigenvalue weighted by Gasteiger charge is 2.20. The minimum absolute atomic E-state index is 0.0172. The Bertz CT molecular complexity index is 1060. The second-order valence-electron chi connectivity index (χ2n) is 5.51. The zero-order chi connectivity index (χ0) is 20.3. The first-order valence-electron chi connectivity index (χ1n) is 7.76. The number of aromatic nitrogens is 2. The largest absolute Gasteiger partial charge is 0.496 e. The Balaban J connectivity index is 1.74. The van der Waals surface area contributed by atoms with Gasteiger partial charge in [0.15, 0.2) is 5.76 Å². The molecule has 144 valence electrons. The summed E-state index contributed by atoms with van der Waals surface area (Å²) >= 11 is 0. The Morgan fingerprint density at radius 1 is 1.25 bits per heavy atom. The molecule has 0 spiro atoms. The summed E-state index contributed by atoms with van der Waals surface area (Å²) in [4.78, 5) is 33.0. The van der Waals surface area contributed by atoms with Crippen molar-refractivity contribution in [3.8, 4) is 5.75 Å². The summed E-state index contributed by atoms with van der Waals surface area (Å²) in [6, 6.07) is 6.90. The number of ether oxygens (including phenoxy) is 1. The molecule has 1 N–H and O–H groups in total. The molecule has 0 aliphatic rings. The maximum atomic E-state index is 12.3. The van der Waals surface area contributed by atoms with E-state index in [0.29, 0.717) is 5.76 Å². The van der Waals surface area contributed by atoms with E-state index < -0.39 is 15.8 Å². The number of amides is 1. The number of furan rings is 1. The van der Waals surface area contributed by atoms with Crippen LogP contribution in [0.3, 0.4) is 0 Å². The van der Waals surface area contributed by atoms with E-state index in [1.807, 2.05) is 0 Å². The number of methoxy groups -OCH3 is 1. The average molecular weight is 387 g/mol. The second kappa shape index (κ2) is 7.57. The molecule has 0 saturated heterocycles. The van der Waals surface area contributed by atoms with Crippen LogP contribution in [0.5, 0.6) is 5.75 Å². The van der Waals surface area contributed by atoms with Crippen molar-refractivity contribution >= 4 is 23.0 Å². The molecule has 2 heterocycles. The van der Waals surface area contributed by atoms with Crippen molar-refractivity contribution in [2.45, 2.75) is 6.54 Å².